The highest BCUT2D eigenvalue weighted by molar-refractivity contribution is 9.10. The zero-order valence-electron chi connectivity index (χ0n) is 10.6. The van der Waals surface area contributed by atoms with E-state index in [1.54, 1.807) is 6.33 Å². The van der Waals surface area contributed by atoms with E-state index in [1.165, 1.54) is 6.42 Å². The van der Waals surface area contributed by atoms with Crippen LogP contribution in [-0.4, -0.2) is 40.8 Å². The Labute approximate surface area is 116 Å². The molecule has 0 amide bonds. The van der Waals surface area contributed by atoms with Crippen LogP contribution in [0.5, 0.6) is 0 Å². The minimum Gasteiger partial charge on any atom is -0.394 e. The second kappa shape index (κ2) is 6.33. The number of anilines is 2. The van der Waals surface area contributed by atoms with Gasteiger partial charge in [-0.2, -0.15) is 0 Å². The minimum atomic E-state index is 0.166. The molecule has 1 aliphatic rings. The maximum absolute atomic E-state index is 9.47. The molecule has 0 bridgehead atoms. The van der Waals surface area contributed by atoms with Gasteiger partial charge in [0.1, 0.15) is 22.4 Å². The number of halogens is 1. The monoisotopic (exact) mass is 314 g/mol. The number of aromatic nitrogens is 2. The Balaban J connectivity index is 2.28. The van der Waals surface area contributed by atoms with E-state index >= 15 is 0 Å². The Morgan fingerprint density at radius 1 is 1.50 bits per heavy atom. The van der Waals surface area contributed by atoms with E-state index < -0.39 is 0 Å². The normalized spacial score (nSPS) is 19.9. The standard InChI is InChI=1S/C12H19BrN4O/c1-2-14-11-10(13)12(16-8-15-11)17-6-4-3-5-9(17)7-18/h8-9,18H,2-7H2,1H3,(H,14,15,16). The summed E-state index contributed by atoms with van der Waals surface area (Å²) < 4.78 is 0.882. The zero-order chi connectivity index (χ0) is 13.0. The van der Waals surface area contributed by atoms with Gasteiger partial charge in [0.25, 0.3) is 0 Å². The quantitative estimate of drug-likeness (QED) is 0.890. The molecule has 2 N–H and O–H groups in total. The Hall–Kier alpha value is -0.880. The van der Waals surface area contributed by atoms with Crippen molar-refractivity contribution in [2.45, 2.75) is 32.2 Å². The molecule has 2 rings (SSSR count). The van der Waals surface area contributed by atoms with E-state index in [-0.39, 0.29) is 12.6 Å². The number of hydrogen-bond donors (Lipinski definition) is 2. The fourth-order valence-electron chi connectivity index (χ4n) is 2.32. The van der Waals surface area contributed by atoms with Crippen LogP contribution in [-0.2, 0) is 0 Å². The third-order valence-electron chi connectivity index (χ3n) is 3.23. The topological polar surface area (TPSA) is 61.3 Å². The molecule has 0 aliphatic carbocycles. The zero-order valence-corrected chi connectivity index (χ0v) is 12.2. The minimum absolute atomic E-state index is 0.166. The molecule has 0 saturated carbocycles. The third-order valence-corrected chi connectivity index (χ3v) is 3.96. The maximum Gasteiger partial charge on any atom is 0.148 e. The number of nitrogens with one attached hydrogen (secondary N) is 1. The van der Waals surface area contributed by atoms with Gasteiger partial charge in [0.2, 0.25) is 0 Å². The lowest BCUT2D eigenvalue weighted by Crippen LogP contribution is -2.42. The molecule has 0 radical (unpaired) electrons. The van der Waals surface area contributed by atoms with Crippen LogP contribution in [0.15, 0.2) is 10.8 Å². The van der Waals surface area contributed by atoms with Crippen molar-refractivity contribution < 1.29 is 5.11 Å². The van der Waals surface area contributed by atoms with Gasteiger partial charge < -0.3 is 15.3 Å². The summed E-state index contributed by atoms with van der Waals surface area (Å²) in [5.74, 6) is 1.68. The molecule has 1 unspecified atom stereocenters. The molecule has 100 valence electrons. The summed E-state index contributed by atoms with van der Waals surface area (Å²) >= 11 is 3.56. The SMILES string of the molecule is CCNc1ncnc(N2CCCCC2CO)c1Br. The van der Waals surface area contributed by atoms with E-state index in [0.29, 0.717) is 0 Å². The molecular formula is C12H19BrN4O. The van der Waals surface area contributed by atoms with Crippen molar-refractivity contribution in [3.8, 4) is 0 Å². The first-order chi connectivity index (χ1) is 8.77. The van der Waals surface area contributed by atoms with Crippen LogP contribution >= 0.6 is 15.9 Å². The van der Waals surface area contributed by atoms with E-state index in [2.05, 4.69) is 36.1 Å². The van der Waals surface area contributed by atoms with Crippen molar-refractivity contribution in [1.82, 2.24) is 9.97 Å². The largest absolute Gasteiger partial charge is 0.394 e. The second-order valence-electron chi connectivity index (χ2n) is 4.42. The molecule has 0 aromatic carbocycles. The van der Waals surface area contributed by atoms with E-state index in [9.17, 15) is 5.11 Å². The van der Waals surface area contributed by atoms with Gasteiger partial charge in [-0.05, 0) is 42.1 Å². The van der Waals surface area contributed by atoms with Crippen LogP contribution in [0.3, 0.4) is 0 Å². The number of hydrogen-bond acceptors (Lipinski definition) is 5. The van der Waals surface area contributed by atoms with Crippen molar-refractivity contribution in [3.05, 3.63) is 10.8 Å². The van der Waals surface area contributed by atoms with Gasteiger partial charge in [-0.3, -0.25) is 0 Å². The number of aliphatic hydroxyl groups is 1. The first kappa shape index (κ1) is 13.5. The molecule has 0 spiro atoms. The third kappa shape index (κ3) is 2.75. The van der Waals surface area contributed by atoms with E-state index in [1.807, 2.05) is 6.92 Å². The first-order valence-corrected chi connectivity index (χ1v) is 7.19. The number of aliphatic hydroxyl groups excluding tert-OH is 1. The van der Waals surface area contributed by atoms with Crippen LogP contribution in [0.1, 0.15) is 26.2 Å². The average Bonchev–Trinajstić information content (AvgIpc) is 2.41. The summed E-state index contributed by atoms with van der Waals surface area (Å²) in [7, 11) is 0. The van der Waals surface area contributed by atoms with Crippen LogP contribution in [0, 0.1) is 0 Å². The van der Waals surface area contributed by atoms with Crippen LogP contribution in [0.2, 0.25) is 0 Å². The highest BCUT2D eigenvalue weighted by Crippen LogP contribution is 2.33. The van der Waals surface area contributed by atoms with Crippen LogP contribution in [0.4, 0.5) is 11.6 Å². The first-order valence-electron chi connectivity index (χ1n) is 6.39. The lowest BCUT2D eigenvalue weighted by atomic mass is 10.0. The van der Waals surface area contributed by atoms with Crippen LogP contribution < -0.4 is 10.2 Å². The summed E-state index contributed by atoms with van der Waals surface area (Å²) in [5, 5.41) is 12.7. The highest BCUT2D eigenvalue weighted by Gasteiger charge is 2.25. The lowest BCUT2D eigenvalue weighted by Gasteiger charge is -2.36. The summed E-state index contributed by atoms with van der Waals surface area (Å²) in [6.45, 7) is 3.96. The highest BCUT2D eigenvalue weighted by atomic mass is 79.9. The molecule has 6 heteroatoms. The fraction of sp³-hybridized carbons (Fsp3) is 0.667. The molecule has 5 nitrogen and oxygen atoms in total. The summed E-state index contributed by atoms with van der Waals surface area (Å²) in [4.78, 5) is 10.8. The molecule has 18 heavy (non-hydrogen) atoms. The van der Waals surface area contributed by atoms with Gasteiger partial charge >= 0.3 is 0 Å². The van der Waals surface area contributed by atoms with Crippen molar-refractivity contribution in [2.75, 3.05) is 29.9 Å². The predicted octanol–water partition coefficient (Wildman–Crippen LogP) is 2.02. The molecule has 2 heterocycles. The second-order valence-corrected chi connectivity index (χ2v) is 5.21. The van der Waals surface area contributed by atoms with Crippen LogP contribution in [0.25, 0.3) is 0 Å². The molecule has 1 aliphatic heterocycles. The fourth-order valence-corrected chi connectivity index (χ4v) is 2.89. The van der Waals surface area contributed by atoms with Crippen molar-refractivity contribution >= 4 is 27.6 Å². The number of piperidine rings is 1. The van der Waals surface area contributed by atoms with Gasteiger partial charge in [-0.15, -0.1) is 0 Å². The van der Waals surface area contributed by atoms with Gasteiger partial charge in [-0.1, -0.05) is 0 Å². The summed E-state index contributed by atoms with van der Waals surface area (Å²) in [5.41, 5.74) is 0. The Kier molecular flexibility index (Phi) is 4.77. The van der Waals surface area contributed by atoms with Crippen molar-refractivity contribution in [2.24, 2.45) is 0 Å². The average molecular weight is 315 g/mol. The molecular weight excluding hydrogens is 296 g/mol. The van der Waals surface area contributed by atoms with Gasteiger partial charge in [0.15, 0.2) is 0 Å². The molecule has 1 atom stereocenters. The Morgan fingerprint density at radius 2 is 2.33 bits per heavy atom. The van der Waals surface area contributed by atoms with Gasteiger partial charge in [0, 0.05) is 13.1 Å². The van der Waals surface area contributed by atoms with Gasteiger partial charge in [-0.25, -0.2) is 9.97 Å². The summed E-state index contributed by atoms with van der Waals surface area (Å²) in [6, 6.07) is 0.166. The molecule has 1 aromatic rings. The number of nitrogens with zero attached hydrogens (tertiary/aromatic N) is 3. The van der Waals surface area contributed by atoms with Gasteiger partial charge in [0.05, 0.1) is 12.6 Å². The molecule has 1 fully saturated rings. The number of rotatable bonds is 4. The maximum atomic E-state index is 9.47. The molecule has 1 saturated heterocycles. The summed E-state index contributed by atoms with van der Waals surface area (Å²) in [6.07, 6.45) is 4.90. The molecule has 1 aromatic heterocycles. The van der Waals surface area contributed by atoms with E-state index in [4.69, 9.17) is 0 Å². The smallest absolute Gasteiger partial charge is 0.148 e. The lowest BCUT2D eigenvalue weighted by molar-refractivity contribution is 0.239. The Bertz CT molecular complexity index is 402. The predicted molar refractivity (Wildman–Crippen MR) is 76.0 cm³/mol. The van der Waals surface area contributed by atoms with Crippen molar-refractivity contribution in [3.63, 3.8) is 0 Å². The van der Waals surface area contributed by atoms with Crippen molar-refractivity contribution in [1.29, 1.82) is 0 Å². The Morgan fingerprint density at radius 3 is 3.06 bits per heavy atom. The van der Waals surface area contributed by atoms with E-state index in [0.717, 1.165) is 42.0 Å².